The molecule has 3 rings (SSSR count). The summed E-state index contributed by atoms with van der Waals surface area (Å²) in [6.07, 6.45) is 6.49. The van der Waals surface area contributed by atoms with Gasteiger partial charge in [-0.25, -0.2) is 9.97 Å². The van der Waals surface area contributed by atoms with Crippen molar-refractivity contribution in [2.45, 2.75) is 26.0 Å². The maximum atomic E-state index is 5.86. The van der Waals surface area contributed by atoms with E-state index in [4.69, 9.17) is 4.74 Å². The lowest BCUT2D eigenvalue weighted by Gasteiger charge is -2.32. The molecule has 0 aromatic carbocycles. The number of morpholine rings is 1. The van der Waals surface area contributed by atoms with Gasteiger partial charge in [-0.1, -0.05) is 13.0 Å². The van der Waals surface area contributed by atoms with Crippen molar-refractivity contribution in [3.05, 3.63) is 53.9 Å². The van der Waals surface area contributed by atoms with Crippen molar-refractivity contribution >= 4 is 0 Å². The highest BCUT2D eigenvalue weighted by Crippen LogP contribution is 2.22. The van der Waals surface area contributed by atoms with Crippen LogP contribution in [0.15, 0.2) is 36.8 Å². The monoisotopic (exact) mass is 284 g/mol. The fourth-order valence-corrected chi connectivity index (χ4v) is 2.54. The Hall–Kier alpha value is -1.85. The lowest BCUT2D eigenvalue weighted by atomic mass is 10.1. The molecule has 0 spiro atoms. The van der Waals surface area contributed by atoms with Gasteiger partial charge in [0.1, 0.15) is 5.82 Å². The first-order valence-corrected chi connectivity index (χ1v) is 7.40. The Morgan fingerprint density at radius 2 is 2.29 bits per heavy atom. The second-order valence-corrected chi connectivity index (χ2v) is 5.20. The zero-order valence-corrected chi connectivity index (χ0v) is 12.3. The molecule has 0 amide bonds. The van der Waals surface area contributed by atoms with Gasteiger partial charge in [-0.15, -0.1) is 0 Å². The van der Waals surface area contributed by atoms with Crippen LogP contribution in [0.25, 0.3) is 0 Å². The van der Waals surface area contributed by atoms with Crippen molar-refractivity contribution in [1.29, 1.82) is 0 Å². The minimum Gasteiger partial charge on any atom is -0.371 e. The molecule has 2 aromatic heterocycles. The molecule has 0 saturated carbocycles. The number of pyridine rings is 1. The van der Waals surface area contributed by atoms with E-state index < -0.39 is 0 Å². The Morgan fingerprint density at radius 1 is 1.33 bits per heavy atom. The average Bonchev–Trinajstić information content (AvgIpc) is 2.56. The number of aromatic nitrogens is 3. The number of rotatable bonds is 4. The van der Waals surface area contributed by atoms with Gasteiger partial charge in [-0.3, -0.25) is 9.88 Å². The lowest BCUT2D eigenvalue weighted by Crippen LogP contribution is -2.38. The molecule has 110 valence electrons. The average molecular weight is 284 g/mol. The summed E-state index contributed by atoms with van der Waals surface area (Å²) in [4.78, 5) is 15.4. The van der Waals surface area contributed by atoms with Gasteiger partial charge in [0, 0.05) is 50.2 Å². The molecule has 0 bridgehead atoms. The minimum absolute atomic E-state index is 0.0972. The zero-order chi connectivity index (χ0) is 14.5. The van der Waals surface area contributed by atoms with Crippen LogP contribution >= 0.6 is 0 Å². The van der Waals surface area contributed by atoms with Crippen LogP contribution < -0.4 is 0 Å². The summed E-state index contributed by atoms with van der Waals surface area (Å²) in [6, 6.07) is 6.02. The van der Waals surface area contributed by atoms with Gasteiger partial charge in [0.05, 0.1) is 18.4 Å². The quantitative estimate of drug-likeness (QED) is 0.859. The molecule has 0 unspecified atom stereocenters. The van der Waals surface area contributed by atoms with Crippen molar-refractivity contribution in [2.24, 2.45) is 0 Å². The lowest BCUT2D eigenvalue weighted by molar-refractivity contribution is -0.0334. The Labute approximate surface area is 125 Å². The maximum Gasteiger partial charge on any atom is 0.128 e. The molecular formula is C16H20N4O. The largest absolute Gasteiger partial charge is 0.371 e. The van der Waals surface area contributed by atoms with Gasteiger partial charge in [0.15, 0.2) is 0 Å². The number of aryl methyl sites for hydroxylation is 1. The molecule has 0 aliphatic carbocycles. The second kappa shape index (κ2) is 6.74. The van der Waals surface area contributed by atoms with E-state index in [9.17, 15) is 0 Å². The van der Waals surface area contributed by atoms with E-state index in [1.54, 1.807) is 6.20 Å². The highest BCUT2D eigenvalue weighted by molar-refractivity contribution is 5.13. The minimum atomic E-state index is 0.0972. The third kappa shape index (κ3) is 3.62. The molecule has 0 radical (unpaired) electrons. The van der Waals surface area contributed by atoms with Crippen LogP contribution in [0.2, 0.25) is 0 Å². The molecule has 1 saturated heterocycles. The summed E-state index contributed by atoms with van der Waals surface area (Å²) < 4.78 is 5.86. The first-order valence-electron chi connectivity index (χ1n) is 7.40. The molecule has 1 atom stereocenters. The van der Waals surface area contributed by atoms with Crippen LogP contribution in [0.1, 0.15) is 30.1 Å². The van der Waals surface area contributed by atoms with E-state index in [-0.39, 0.29) is 6.10 Å². The molecule has 5 heteroatoms. The third-order valence-corrected chi connectivity index (χ3v) is 3.67. The fourth-order valence-electron chi connectivity index (χ4n) is 2.54. The summed E-state index contributed by atoms with van der Waals surface area (Å²) in [5.74, 6) is 0.907. The Bertz CT molecular complexity index is 575. The van der Waals surface area contributed by atoms with E-state index >= 15 is 0 Å². The first kappa shape index (κ1) is 14.1. The molecule has 1 fully saturated rings. The van der Waals surface area contributed by atoms with Gasteiger partial charge in [0.25, 0.3) is 0 Å². The normalized spacial score (nSPS) is 19.6. The number of hydrogen-bond donors (Lipinski definition) is 0. The second-order valence-electron chi connectivity index (χ2n) is 5.20. The fraction of sp³-hybridized carbons (Fsp3) is 0.438. The highest BCUT2D eigenvalue weighted by Gasteiger charge is 2.22. The molecule has 1 aliphatic heterocycles. The van der Waals surface area contributed by atoms with Crippen molar-refractivity contribution < 1.29 is 4.74 Å². The number of ether oxygens (including phenoxy) is 1. The van der Waals surface area contributed by atoms with E-state index in [0.717, 1.165) is 49.7 Å². The Kier molecular flexibility index (Phi) is 4.52. The maximum absolute atomic E-state index is 5.86. The van der Waals surface area contributed by atoms with Gasteiger partial charge < -0.3 is 4.74 Å². The topological polar surface area (TPSA) is 51.1 Å². The predicted molar refractivity (Wildman–Crippen MR) is 79.6 cm³/mol. The van der Waals surface area contributed by atoms with Gasteiger partial charge >= 0.3 is 0 Å². The van der Waals surface area contributed by atoms with Crippen LogP contribution in [-0.4, -0.2) is 39.5 Å². The van der Waals surface area contributed by atoms with Crippen molar-refractivity contribution in [1.82, 2.24) is 19.9 Å². The molecule has 1 aliphatic rings. The van der Waals surface area contributed by atoms with Crippen molar-refractivity contribution in [3.63, 3.8) is 0 Å². The Morgan fingerprint density at radius 3 is 3.10 bits per heavy atom. The standard InChI is InChI=1S/C16H20N4O/c1-2-16-18-7-5-14(19-16)11-20-8-9-21-15(12-20)13-4-3-6-17-10-13/h3-7,10,15H,2,8-9,11-12H2,1H3/t15-/m0/s1. The molecule has 21 heavy (non-hydrogen) atoms. The number of nitrogens with zero attached hydrogens (tertiary/aromatic N) is 4. The van der Waals surface area contributed by atoms with Crippen molar-refractivity contribution in [2.75, 3.05) is 19.7 Å². The Balaban J connectivity index is 1.66. The van der Waals surface area contributed by atoms with Crippen LogP contribution in [-0.2, 0) is 17.7 Å². The summed E-state index contributed by atoms with van der Waals surface area (Å²) in [7, 11) is 0. The summed E-state index contributed by atoms with van der Waals surface area (Å²) in [5.41, 5.74) is 2.22. The highest BCUT2D eigenvalue weighted by atomic mass is 16.5. The number of hydrogen-bond acceptors (Lipinski definition) is 5. The predicted octanol–water partition coefficient (Wildman–Crippen LogP) is 2.01. The van der Waals surface area contributed by atoms with E-state index in [1.807, 2.05) is 24.5 Å². The third-order valence-electron chi connectivity index (χ3n) is 3.67. The summed E-state index contributed by atoms with van der Waals surface area (Å²) in [5, 5.41) is 0. The van der Waals surface area contributed by atoms with Crippen LogP contribution in [0.4, 0.5) is 0 Å². The van der Waals surface area contributed by atoms with E-state index in [1.165, 1.54) is 0 Å². The van der Waals surface area contributed by atoms with Crippen LogP contribution in [0, 0.1) is 0 Å². The van der Waals surface area contributed by atoms with Crippen LogP contribution in [0.3, 0.4) is 0 Å². The smallest absolute Gasteiger partial charge is 0.128 e. The van der Waals surface area contributed by atoms with Gasteiger partial charge in [-0.05, 0) is 12.1 Å². The van der Waals surface area contributed by atoms with Crippen molar-refractivity contribution in [3.8, 4) is 0 Å². The summed E-state index contributed by atoms with van der Waals surface area (Å²) in [6.45, 7) is 5.46. The molecule has 0 N–H and O–H groups in total. The molecule has 3 heterocycles. The van der Waals surface area contributed by atoms with E-state index in [2.05, 4.69) is 32.8 Å². The molecular weight excluding hydrogens is 264 g/mol. The molecule has 5 nitrogen and oxygen atoms in total. The van der Waals surface area contributed by atoms with Gasteiger partial charge in [0.2, 0.25) is 0 Å². The SMILES string of the molecule is CCc1nccc(CN2CCO[C@H](c3cccnc3)C2)n1. The van der Waals surface area contributed by atoms with E-state index in [0.29, 0.717) is 0 Å². The summed E-state index contributed by atoms with van der Waals surface area (Å²) >= 11 is 0. The zero-order valence-electron chi connectivity index (χ0n) is 12.3. The first-order chi connectivity index (χ1) is 10.3. The van der Waals surface area contributed by atoms with Gasteiger partial charge in [-0.2, -0.15) is 0 Å². The van der Waals surface area contributed by atoms with Crippen LogP contribution in [0.5, 0.6) is 0 Å². The molecule has 2 aromatic rings.